The highest BCUT2D eigenvalue weighted by atomic mass is 19.4. The smallest absolute Gasteiger partial charge is 0.418 e. The summed E-state index contributed by atoms with van der Waals surface area (Å²) < 4.78 is 56.3. The van der Waals surface area contributed by atoms with Crippen molar-refractivity contribution in [2.24, 2.45) is 0 Å². The molecular formula is C28H29F3N2O2. The second kappa shape index (κ2) is 10.1. The number of ether oxygens (including phenoxy) is 2. The fraction of sp³-hybridized carbons (Fsp3) is 0.321. The number of nitrogens with zero attached hydrogens (tertiary/aromatic N) is 2. The van der Waals surface area contributed by atoms with Crippen LogP contribution in [-0.2, 0) is 23.9 Å². The Labute approximate surface area is 203 Å². The van der Waals surface area contributed by atoms with Gasteiger partial charge in [0.05, 0.1) is 19.3 Å². The van der Waals surface area contributed by atoms with Crippen LogP contribution in [0.25, 0.3) is 22.4 Å². The lowest BCUT2D eigenvalue weighted by atomic mass is 9.97. The first kappa shape index (κ1) is 24.8. The Balaban J connectivity index is 2.00. The molecule has 1 aromatic heterocycles. The fourth-order valence-electron chi connectivity index (χ4n) is 4.39. The molecular weight excluding hydrogens is 453 g/mol. The normalized spacial score (nSPS) is 12.0. The van der Waals surface area contributed by atoms with Crippen molar-refractivity contribution >= 4 is 11.0 Å². The van der Waals surface area contributed by atoms with E-state index in [2.05, 4.69) is 18.8 Å². The van der Waals surface area contributed by atoms with Gasteiger partial charge in [0.1, 0.15) is 22.6 Å². The Morgan fingerprint density at radius 1 is 0.971 bits per heavy atom. The molecule has 0 spiro atoms. The zero-order chi connectivity index (χ0) is 25.2. The molecule has 0 saturated carbocycles. The Bertz CT molecular complexity index is 1290. The monoisotopic (exact) mass is 482 g/mol. The van der Waals surface area contributed by atoms with Gasteiger partial charge in [-0.25, -0.2) is 4.98 Å². The molecule has 4 rings (SSSR count). The molecule has 0 radical (unpaired) electrons. The first-order valence-electron chi connectivity index (χ1n) is 11.5. The summed E-state index contributed by atoms with van der Waals surface area (Å²) in [7, 11) is 3.03. The molecule has 1 heterocycles. The summed E-state index contributed by atoms with van der Waals surface area (Å²) in [5, 5.41) is 0. The minimum Gasteiger partial charge on any atom is -0.494 e. The van der Waals surface area contributed by atoms with Gasteiger partial charge in [-0.1, -0.05) is 68.4 Å². The van der Waals surface area contributed by atoms with E-state index < -0.39 is 11.7 Å². The van der Waals surface area contributed by atoms with Crippen LogP contribution in [0.5, 0.6) is 5.75 Å². The summed E-state index contributed by atoms with van der Waals surface area (Å²) in [5.41, 5.74) is 2.27. The standard InChI is InChI=1S/C28H29F3N2O2/c1-18(2)20-10-12-21(13-11-20)27-32-25-24(28(29,30)31)22(16-19-8-6-5-7-9-19)17-23(35-4)26(25)33(27)14-15-34-3/h5-13,17-18H,14-16H2,1-4H3. The molecule has 0 aliphatic heterocycles. The van der Waals surface area contributed by atoms with Crippen LogP contribution in [0, 0.1) is 0 Å². The molecule has 0 aliphatic carbocycles. The minimum atomic E-state index is -4.59. The van der Waals surface area contributed by atoms with Gasteiger partial charge in [-0.2, -0.15) is 13.2 Å². The number of alkyl halides is 3. The average Bonchev–Trinajstić information content (AvgIpc) is 3.20. The van der Waals surface area contributed by atoms with Gasteiger partial charge in [0.2, 0.25) is 0 Å². The zero-order valence-electron chi connectivity index (χ0n) is 20.3. The van der Waals surface area contributed by atoms with Crippen molar-refractivity contribution in [2.75, 3.05) is 20.8 Å². The second-order valence-electron chi connectivity index (χ2n) is 8.83. The predicted molar refractivity (Wildman–Crippen MR) is 132 cm³/mol. The lowest BCUT2D eigenvalue weighted by Crippen LogP contribution is -2.12. The topological polar surface area (TPSA) is 36.3 Å². The maximum Gasteiger partial charge on any atom is 0.418 e. The van der Waals surface area contributed by atoms with Crippen molar-refractivity contribution in [3.63, 3.8) is 0 Å². The van der Waals surface area contributed by atoms with Crippen molar-refractivity contribution < 1.29 is 22.6 Å². The van der Waals surface area contributed by atoms with E-state index in [0.29, 0.717) is 36.2 Å². The third kappa shape index (κ3) is 5.05. The molecule has 0 unspecified atom stereocenters. The highest BCUT2D eigenvalue weighted by Gasteiger charge is 2.38. The van der Waals surface area contributed by atoms with E-state index >= 15 is 0 Å². The lowest BCUT2D eigenvalue weighted by molar-refractivity contribution is -0.136. The number of hydrogen-bond donors (Lipinski definition) is 0. The van der Waals surface area contributed by atoms with E-state index in [-0.39, 0.29) is 17.5 Å². The first-order chi connectivity index (χ1) is 16.7. The van der Waals surface area contributed by atoms with Crippen molar-refractivity contribution in [1.29, 1.82) is 0 Å². The van der Waals surface area contributed by atoms with E-state index in [0.717, 1.165) is 16.7 Å². The number of imidazole rings is 1. The molecule has 0 atom stereocenters. The summed E-state index contributed by atoms with van der Waals surface area (Å²) in [6, 6.07) is 18.4. The van der Waals surface area contributed by atoms with Crippen molar-refractivity contribution in [3.8, 4) is 17.1 Å². The average molecular weight is 483 g/mol. The summed E-state index contributed by atoms with van der Waals surface area (Å²) in [4.78, 5) is 4.60. The predicted octanol–water partition coefficient (Wildman–Crippen LogP) is 7.09. The third-order valence-corrected chi connectivity index (χ3v) is 6.16. The van der Waals surface area contributed by atoms with Gasteiger partial charge in [-0.05, 0) is 35.1 Å². The van der Waals surface area contributed by atoms with E-state index in [9.17, 15) is 13.2 Å². The van der Waals surface area contributed by atoms with Crippen LogP contribution in [0.3, 0.4) is 0 Å². The molecule has 0 bridgehead atoms. The van der Waals surface area contributed by atoms with E-state index in [1.54, 1.807) is 11.7 Å². The largest absolute Gasteiger partial charge is 0.494 e. The Kier molecular flexibility index (Phi) is 7.17. The number of methoxy groups -OCH3 is 2. The molecule has 0 aliphatic rings. The Morgan fingerprint density at radius 3 is 2.23 bits per heavy atom. The Hall–Kier alpha value is -3.32. The van der Waals surface area contributed by atoms with E-state index in [1.165, 1.54) is 13.2 Å². The number of hydrogen-bond acceptors (Lipinski definition) is 3. The van der Waals surface area contributed by atoms with E-state index in [1.807, 2.05) is 54.6 Å². The van der Waals surface area contributed by atoms with Crippen molar-refractivity contribution in [1.82, 2.24) is 9.55 Å². The van der Waals surface area contributed by atoms with Gasteiger partial charge < -0.3 is 14.0 Å². The minimum absolute atomic E-state index is 0.109. The van der Waals surface area contributed by atoms with Crippen LogP contribution >= 0.6 is 0 Å². The second-order valence-corrected chi connectivity index (χ2v) is 8.83. The van der Waals surface area contributed by atoms with E-state index in [4.69, 9.17) is 9.47 Å². The van der Waals surface area contributed by atoms with Crippen molar-refractivity contribution in [2.45, 2.75) is 38.9 Å². The summed E-state index contributed by atoms with van der Waals surface area (Å²) in [6.07, 6.45) is -4.47. The van der Waals surface area contributed by atoms with Crippen molar-refractivity contribution in [3.05, 3.63) is 82.9 Å². The number of rotatable bonds is 8. The molecule has 35 heavy (non-hydrogen) atoms. The van der Waals surface area contributed by atoms with Crippen LogP contribution in [0.15, 0.2) is 60.7 Å². The van der Waals surface area contributed by atoms with Gasteiger partial charge in [-0.15, -0.1) is 0 Å². The maximum atomic E-state index is 14.5. The molecule has 0 amide bonds. The molecule has 3 aromatic carbocycles. The van der Waals surface area contributed by atoms with Gasteiger partial charge in [0.25, 0.3) is 0 Å². The Morgan fingerprint density at radius 2 is 1.66 bits per heavy atom. The highest BCUT2D eigenvalue weighted by Crippen LogP contribution is 2.43. The van der Waals surface area contributed by atoms with Crippen LogP contribution in [0.4, 0.5) is 13.2 Å². The fourth-order valence-corrected chi connectivity index (χ4v) is 4.39. The number of fused-ring (bicyclic) bond motifs is 1. The third-order valence-electron chi connectivity index (χ3n) is 6.16. The van der Waals surface area contributed by atoms with Gasteiger partial charge in [0.15, 0.2) is 0 Å². The summed E-state index contributed by atoms with van der Waals surface area (Å²) in [6.45, 7) is 4.84. The molecule has 7 heteroatoms. The lowest BCUT2D eigenvalue weighted by Gasteiger charge is -2.17. The van der Waals surface area contributed by atoms with Crippen LogP contribution in [0.1, 0.15) is 42.0 Å². The van der Waals surface area contributed by atoms with Crippen LogP contribution in [0.2, 0.25) is 0 Å². The summed E-state index contributed by atoms with van der Waals surface area (Å²) in [5.74, 6) is 1.15. The van der Waals surface area contributed by atoms with Crippen LogP contribution in [-0.4, -0.2) is 30.4 Å². The molecule has 0 saturated heterocycles. The SMILES string of the molecule is COCCn1c(-c2ccc(C(C)C)cc2)nc2c(C(F)(F)F)c(Cc3ccccc3)cc(OC)c21. The van der Waals surface area contributed by atoms with Gasteiger partial charge in [-0.3, -0.25) is 0 Å². The molecule has 184 valence electrons. The zero-order valence-corrected chi connectivity index (χ0v) is 20.3. The van der Waals surface area contributed by atoms with Gasteiger partial charge >= 0.3 is 6.18 Å². The first-order valence-corrected chi connectivity index (χ1v) is 11.5. The molecule has 0 fully saturated rings. The number of halogens is 3. The maximum absolute atomic E-state index is 14.5. The van der Waals surface area contributed by atoms with Crippen LogP contribution < -0.4 is 4.74 Å². The summed E-state index contributed by atoms with van der Waals surface area (Å²) >= 11 is 0. The molecule has 0 N–H and O–H groups in total. The molecule has 4 nitrogen and oxygen atoms in total. The number of aromatic nitrogens is 2. The number of benzene rings is 3. The van der Waals surface area contributed by atoms with Gasteiger partial charge in [0, 0.05) is 19.2 Å². The molecule has 4 aromatic rings. The highest BCUT2D eigenvalue weighted by molar-refractivity contribution is 5.90. The quantitative estimate of drug-likeness (QED) is 0.269.